The molecule has 1 unspecified atom stereocenters. The smallest absolute Gasteiger partial charge is 0.261 e. The molecule has 0 bridgehead atoms. The van der Waals surface area contributed by atoms with E-state index in [0.717, 1.165) is 17.7 Å². The van der Waals surface area contributed by atoms with Crippen molar-refractivity contribution >= 4 is 33.2 Å². The molecule has 0 aliphatic rings. The molecule has 2 N–H and O–H groups in total. The van der Waals surface area contributed by atoms with Gasteiger partial charge in [-0.2, -0.15) is 0 Å². The second kappa shape index (κ2) is 8.81. The molecule has 0 radical (unpaired) electrons. The summed E-state index contributed by atoms with van der Waals surface area (Å²) in [6.45, 7) is 1.81. The van der Waals surface area contributed by atoms with Crippen molar-refractivity contribution < 1.29 is 22.0 Å². The molecule has 30 heavy (non-hydrogen) atoms. The number of carbonyl (C=O) groups excluding carboxylic acids is 1. The van der Waals surface area contributed by atoms with Crippen molar-refractivity contribution in [2.24, 2.45) is 0 Å². The molecule has 3 aromatic rings. The van der Waals surface area contributed by atoms with E-state index in [1.54, 1.807) is 18.2 Å². The molecular formula is C21H17ClF2N2O3S. The fourth-order valence-corrected chi connectivity index (χ4v) is 3.96. The summed E-state index contributed by atoms with van der Waals surface area (Å²) in [6.07, 6.45) is 0. The monoisotopic (exact) mass is 450 g/mol. The summed E-state index contributed by atoms with van der Waals surface area (Å²) >= 11 is 5.97. The average molecular weight is 451 g/mol. The van der Waals surface area contributed by atoms with E-state index in [-0.39, 0.29) is 17.6 Å². The van der Waals surface area contributed by atoms with Crippen molar-refractivity contribution in [3.05, 3.63) is 94.5 Å². The number of nitrogens with one attached hydrogen (secondary N) is 2. The maximum Gasteiger partial charge on any atom is 0.261 e. The Balaban J connectivity index is 1.69. The summed E-state index contributed by atoms with van der Waals surface area (Å²) in [6, 6.07) is 14.8. The van der Waals surface area contributed by atoms with Crippen LogP contribution in [0.3, 0.4) is 0 Å². The molecule has 0 aliphatic carbocycles. The summed E-state index contributed by atoms with van der Waals surface area (Å²) in [5.41, 5.74) is 1.32. The highest BCUT2D eigenvalue weighted by Gasteiger charge is 2.17. The van der Waals surface area contributed by atoms with Gasteiger partial charge in [-0.3, -0.25) is 9.52 Å². The maximum atomic E-state index is 13.3. The van der Waals surface area contributed by atoms with Crippen LogP contribution in [0, 0.1) is 11.6 Å². The van der Waals surface area contributed by atoms with Gasteiger partial charge in [-0.1, -0.05) is 23.7 Å². The molecule has 1 amide bonds. The number of carbonyl (C=O) groups is 1. The van der Waals surface area contributed by atoms with Gasteiger partial charge in [-0.25, -0.2) is 17.2 Å². The van der Waals surface area contributed by atoms with E-state index in [9.17, 15) is 22.0 Å². The molecule has 0 heterocycles. The second-order valence-corrected chi connectivity index (χ2v) is 8.63. The zero-order valence-electron chi connectivity index (χ0n) is 15.7. The molecule has 0 aromatic heterocycles. The number of hydrogen-bond acceptors (Lipinski definition) is 3. The first-order valence-electron chi connectivity index (χ1n) is 8.80. The summed E-state index contributed by atoms with van der Waals surface area (Å²) in [5.74, 6) is -2.76. The maximum absolute atomic E-state index is 13.3. The third kappa shape index (κ3) is 5.14. The highest BCUT2D eigenvalue weighted by molar-refractivity contribution is 7.92. The number of hydrogen-bond donors (Lipinski definition) is 2. The van der Waals surface area contributed by atoms with E-state index in [0.29, 0.717) is 16.7 Å². The topological polar surface area (TPSA) is 75.3 Å². The number of halogens is 3. The van der Waals surface area contributed by atoms with Crippen molar-refractivity contribution in [2.75, 3.05) is 4.72 Å². The van der Waals surface area contributed by atoms with Crippen molar-refractivity contribution in [1.29, 1.82) is 0 Å². The Morgan fingerprint density at radius 3 is 2.30 bits per heavy atom. The highest BCUT2D eigenvalue weighted by Crippen LogP contribution is 2.20. The number of rotatable bonds is 6. The second-order valence-electron chi connectivity index (χ2n) is 6.51. The molecule has 3 aromatic carbocycles. The molecule has 156 valence electrons. The third-order valence-corrected chi connectivity index (χ3v) is 5.91. The quantitative estimate of drug-likeness (QED) is 0.560. The molecular weight excluding hydrogens is 434 g/mol. The van der Waals surface area contributed by atoms with E-state index in [1.165, 1.54) is 24.3 Å². The van der Waals surface area contributed by atoms with E-state index in [2.05, 4.69) is 10.0 Å². The van der Waals surface area contributed by atoms with Crippen LogP contribution in [0.4, 0.5) is 14.5 Å². The Labute approximate surface area is 177 Å². The first-order chi connectivity index (χ1) is 14.2. The van der Waals surface area contributed by atoms with Crippen LogP contribution in [-0.2, 0) is 10.0 Å². The van der Waals surface area contributed by atoms with Crippen LogP contribution < -0.4 is 10.0 Å². The van der Waals surface area contributed by atoms with Crippen molar-refractivity contribution in [2.45, 2.75) is 17.9 Å². The van der Waals surface area contributed by atoms with Gasteiger partial charge in [0.05, 0.1) is 10.9 Å². The van der Waals surface area contributed by atoms with Crippen LogP contribution in [0.2, 0.25) is 5.02 Å². The van der Waals surface area contributed by atoms with E-state index in [1.807, 2.05) is 13.0 Å². The molecule has 1 atom stereocenters. The minimum Gasteiger partial charge on any atom is -0.346 e. The van der Waals surface area contributed by atoms with Crippen LogP contribution in [0.5, 0.6) is 0 Å². The molecule has 9 heteroatoms. The third-order valence-electron chi connectivity index (χ3n) is 4.30. The summed E-state index contributed by atoms with van der Waals surface area (Å²) in [7, 11) is -4.11. The van der Waals surface area contributed by atoms with Crippen LogP contribution in [0.25, 0.3) is 0 Å². The molecule has 3 rings (SSSR count). The molecule has 0 fully saturated rings. The predicted octanol–water partition coefficient (Wildman–Crippen LogP) is 4.91. The minimum absolute atomic E-state index is 0.166. The summed E-state index contributed by atoms with van der Waals surface area (Å²) in [5, 5.41) is 3.39. The Morgan fingerprint density at radius 2 is 1.67 bits per heavy atom. The molecule has 5 nitrogen and oxygen atoms in total. The largest absolute Gasteiger partial charge is 0.346 e. The zero-order chi connectivity index (χ0) is 21.9. The summed E-state index contributed by atoms with van der Waals surface area (Å²) < 4.78 is 53.2. The Kier molecular flexibility index (Phi) is 6.38. The fourth-order valence-electron chi connectivity index (χ4n) is 2.69. The van der Waals surface area contributed by atoms with Gasteiger partial charge in [0, 0.05) is 16.3 Å². The van der Waals surface area contributed by atoms with Gasteiger partial charge in [0.2, 0.25) is 0 Å². The molecule has 0 spiro atoms. The lowest BCUT2D eigenvalue weighted by Crippen LogP contribution is -2.26. The molecule has 0 aliphatic heterocycles. The lowest BCUT2D eigenvalue weighted by molar-refractivity contribution is 0.0940. The van der Waals surface area contributed by atoms with E-state index >= 15 is 0 Å². The first kappa shape index (κ1) is 21.7. The zero-order valence-corrected chi connectivity index (χ0v) is 17.3. The first-order valence-corrected chi connectivity index (χ1v) is 10.7. The van der Waals surface area contributed by atoms with E-state index in [4.69, 9.17) is 11.6 Å². The fraction of sp³-hybridized carbons (Fsp3) is 0.0952. The molecule has 0 saturated carbocycles. The standard InChI is InChI=1S/C21H17ClF2N2O3S/c1-13(15-3-2-4-16(22)11-15)25-21(27)14-5-7-17(8-6-14)26-30(28,29)18-9-10-19(23)20(24)12-18/h2-13,26H,1H3,(H,25,27). The van der Waals surface area contributed by atoms with Crippen LogP contribution in [0.1, 0.15) is 28.9 Å². The lowest BCUT2D eigenvalue weighted by Gasteiger charge is -2.15. The SMILES string of the molecule is CC(NC(=O)c1ccc(NS(=O)(=O)c2ccc(F)c(F)c2)cc1)c1cccc(Cl)c1. The Morgan fingerprint density at radius 1 is 0.967 bits per heavy atom. The van der Waals surface area contributed by atoms with Gasteiger partial charge >= 0.3 is 0 Å². The Hall–Kier alpha value is -2.97. The number of anilines is 1. The van der Waals surface area contributed by atoms with Gasteiger partial charge in [-0.05, 0) is 67.1 Å². The minimum atomic E-state index is -4.11. The van der Waals surface area contributed by atoms with E-state index < -0.39 is 26.6 Å². The lowest BCUT2D eigenvalue weighted by atomic mass is 10.1. The average Bonchev–Trinajstić information content (AvgIpc) is 2.70. The Bertz CT molecular complexity index is 1190. The van der Waals surface area contributed by atoms with Gasteiger partial charge in [0.15, 0.2) is 11.6 Å². The van der Waals surface area contributed by atoms with Gasteiger partial charge in [0.1, 0.15) is 0 Å². The van der Waals surface area contributed by atoms with Gasteiger partial charge in [0.25, 0.3) is 15.9 Å². The van der Waals surface area contributed by atoms with Gasteiger partial charge < -0.3 is 5.32 Å². The predicted molar refractivity (Wildman–Crippen MR) is 111 cm³/mol. The summed E-state index contributed by atoms with van der Waals surface area (Å²) in [4.78, 5) is 12.0. The number of amides is 1. The van der Waals surface area contributed by atoms with Crippen molar-refractivity contribution in [1.82, 2.24) is 5.32 Å². The van der Waals surface area contributed by atoms with Crippen molar-refractivity contribution in [3.8, 4) is 0 Å². The van der Waals surface area contributed by atoms with Crippen LogP contribution in [-0.4, -0.2) is 14.3 Å². The number of benzene rings is 3. The molecule has 0 saturated heterocycles. The number of sulfonamides is 1. The highest BCUT2D eigenvalue weighted by atomic mass is 35.5. The van der Waals surface area contributed by atoms with Crippen LogP contribution in [0.15, 0.2) is 71.6 Å². The van der Waals surface area contributed by atoms with Crippen LogP contribution >= 0.6 is 11.6 Å². The normalized spacial score (nSPS) is 12.3. The van der Waals surface area contributed by atoms with Gasteiger partial charge in [-0.15, -0.1) is 0 Å². The van der Waals surface area contributed by atoms with Crippen molar-refractivity contribution in [3.63, 3.8) is 0 Å².